The summed E-state index contributed by atoms with van der Waals surface area (Å²) in [6, 6.07) is 2.02. The third kappa shape index (κ3) is 11.1. The van der Waals surface area contributed by atoms with Gasteiger partial charge >= 0.3 is 0 Å². The van der Waals surface area contributed by atoms with E-state index in [1.807, 2.05) is 32.0 Å². The van der Waals surface area contributed by atoms with Crippen LogP contribution >= 0.6 is 0 Å². The summed E-state index contributed by atoms with van der Waals surface area (Å²) in [5, 5.41) is 89.6. The zero-order valence-corrected chi connectivity index (χ0v) is 32.9. The third-order valence-corrected chi connectivity index (χ3v) is 10.4. The number of aliphatic hydroxyl groups excluding tert-OH is 6. The summed E-state index contributed by atoms with van der Waals surface area (Å²) in [6.07, 6.45) is -17.3. The summed E-state index contributed by atoms with van der Waals surface area (Å²) >= 11 is 0. The van der Waals surface area contributed by atoms with Crippen LogP contribution in [0.4, 0.5) is 5.69 Å². The monoisotopic (exact) mass is 815 g/mol. The Kier molecular flexibility index (Phi) is 17.5. The molecule has 4 rings (SSSR count). The average molecular weight is 816 g/mol. The van der Waals surface area contributed by atoms with Gasteiger partial charge in [0.2, 0.25) is 5.91 Å². The molecule has 1 amide bonds. The number of hydrogen-bond donors (Lipinski definition) is 14. The molecule has 2 heterocycles. The molecule has 22 heteroatoms. The van der Waals surface area contributed by atoms with Crippen molar-refractivity contribution in [2.24, 2.45) is 22.2 Å². The van der Waals surface area contributed by atoms with Crippen molar-refractivity contribution in [3.8, 4) is 0 Å². The highest BCUT2D eigenvalue weighted by Gasteiger charge is 2.60. The highest BCUT2D eigenvalue weighted by atomic mass is 16.8. The van der Waals surface area contributed by atoms with Crippen LogP contribution in [0.3, 0.4) is 0 Å². The molecule has 3 aliphatic rings. The number of nitrogens with two attached hydrogens (primary N) is 3. The number of nitrogens with one attached hydrogen (secondary N) is 4. The molecule has 2 saturated heterocycles. The van der Waals surface area contributed by atoms with Crippen molar-refractivity contribution in [1.82, 2.24) is 15.5 Å². The molecule has 1 saturated carbocycles. The van der Waals surface area contributed by atoms with Crippen molar-refractivity contribution >= 4 is 29.8 Å². The Morgan fingerprint density at radius 1 is 0.965 bits per heavy atom. The number of guanidine groups is 2. The number of aliphatic hydroxyl groups is 7. The van der Waals surface area contributed by atoms with Crippen molar-refractivity contribution in [3.63, 3.8) is 0 Å². The predicted molar refractivity (Wildman–Crippen MR) is 204 cm³/mol. The normalized spacial score (nSPS) is 36.5. The van der Waals surface area contributed by atoms with E-state index in [1.165, 1.54) is 14.0 Å². The molecule has 57 heavy (non-hydrogen) atoms. The number of benzene rings is 1. The highest BCUT2D eigenvalue weighted by Crippen LogP contribution is 2.38. The lowest BCUT2D eigenvalue weighted by atomic mass is 9.81. The van der Waals surface area contributed by atoms with E-state index in [0.717, 1.165) is 29.9 Å². The Hall–Kier alpha value is -3.62. The summed E-state index contributed by atoms with van der Waals surface area (Å²) in [7, 11) is 1.42. The number of rotatable bonds is 14. The molecule has 0 aromatic heterocycles. The van der Waals surface area contributed by atoms with Crippen molar-refractivity contribution in [2.45, 2.75) is 126 Å². The van der Waals surface area contributed by atoms with Crippen LogP contribution in [0.15, 0.2) is 23.2 Å². The number of amides is 1. The van der Waals surface area contributed by atoms with Crippen LogP contribution in [-0.4, -0.2) is 189 Å². The summed E-state index contributed by atoms with van der Waals surface area (Å²) in [6.45, 7) is 11.0. The lowest BCUT2D eigenvalue weighted by molar-refractivity contribution is -0.314. The third-order valence-electron chi connectivity index (χ3n) is 10.4. The molecule has 15 atom stereocenters. The SMILES string of the molecule is CCN(CC)CC(=O)Nc1c(C)cccc1C.CN[C@@H]1[C@H](O[C@H]2[C@H](O[C@H]3[C@H](O)[C@@H](O)[C@H](N=C(N)N)[C@@H](O)[C@@H]3NC(=N)N)O[C@@H](C)[C@]2(O)C=O)O[C@@H](CO)[C@H](O)[C@H]1O. The van der Waals surface area contributed by atoms with Gasteiger partial charge in [-0.15, -0.1) is 0 Å². The van der Waals surface area contributed by atoms with Crippen molar-refractivity contribution < 1.29 is 64.3 Å². The molecule has 0 radical (unpaired) electrons. The van der Waals surface area contributed by atoms with Crippen LogP contribution in [0.1, 0.15) is 31.9 Å². The maximum absolute atomic E-state index is 12.1. The van der Waals surface area contributed by atoms with Gasteiger partial charge in [-0.05, 0) is 52.0 Å². The summed E-state index contributed by atoms with van der Waals surface area (Å²) in [5.41, 5.74) is 17.0. The maximum Gasteiger partial charge on any atom is 0.238 e. The molecule has 2 aliphatic heterocycles. The van der Waals surface area contributed by atoms with Crippen molar-refractivity contribution in [1.29, 1.82) is 5.41 Å². The fourth-order valence-corrected chi connectivity index (χ4v) is 6.97. The zero-order valence-electron chi connectivity index (χ0n) is 32.9. The first-order valence-corrected chi connectivity index (χ1v) is 18.6. The molecule has 1 aromatic rings. The van der Waals surface area contributed by atoms with Crippen LogP contribution in [0.2, 0.25) is 0 Å². The quantitative estimate of drug-likeness (QED) is 0.0473. The number of aliphatic imine (C=N–C) groups is 1. The zero-order chi connectivity index (χ0) is 42.9. The predicted octanol–water partition coefficient (Wildman–Crippen LogP) is -5.37. The van der Waals surface area contributed by atoms with E-state index in [9.17, 15) is 45.3 Å². The Balaban J connectivity index is 0.000000427. The van der Waals surface area contributed by atoms with Gasteiger partial charge in [0.1, 0.15) is 54.9 Å². The average Bonchev–Trinajstić information content (AvgIpc) is 3.40. The van der Waals surface area contributed by atoms with Gasteiger partial charge in [0.15, 0.2) is 36.4 Å². The molecule has 0 unspecified atom stereocenters. The fourth-order valence-electron chi connectivity index (χ4n) is 6.97. The first-order chi connectivity index (χ1) is 26.8. The number of anilines is 1. The first kappa shape index (κ1) is 47.8. The van der Waals surface area contributed by atoms with E-state index in [1.54, 1.807) is 0 Å². The lowest BCUT2D eigenvalue weighted by Crippen LogP contribution is -2.70. The maximum atomic E-state index is 12.1. The van der Waals surface area contributed by atoms with Crippen LogP contribution in [-0.2, 0) is 28.5 Å². The van der Waals surface area contributed by atoms with E-state index in [2.05, 4.69) is 39.7 Å². The summed E-state index contributed by atoms with van der Waals surface area (Å²) in [4.78, 5) is 29.8. The van der Waals surface area contributed by atoms with Crippen molar-refractivity contribution in [3.05, 3.63) is 29.3 Å². The number of ether oxygens (including phenoxy) is 4. The van der Waals surface area contributed by atoms with Gasteiger partial charge in [0, 0.05) is 5.69 Å². The molecule has 1 aromatic carbocycles. The number of carbonyl (C=O) groups is 2. The summed E-state index contributed by atoms with van der Waals surface area (Å²) in [5.74, 6) is -1.10. The molecular weight excluding hydrogens is 754 g/mol. The van der Waals surface area contributed by atoms with E-state index in [-0.39, 0.29) is 12.2 Å². The van der Waals surface area contributed by atoms with Gasteiger partial charge in [-0.1, -0.05) is 32.0 Å². The van der Waals surface area contributed by atoms with Gasteiger partial charge < -0.3 is 87.8 Å². The molecule has 17 N–H and O–H groups in total. The van der Waals surface area contributed by atoms with Gasteiger partial charge in [0.05, 0.1) is 31.3 Å². The smallest absolute Gasteiger partial charge is 0.238 e. The Morgan fingerprint density at radius 2 is 1.58 bits per heavy atom. The largest absolute Gasteiger partial charge is 0.394 e. The van der Waals surface area contributed by atoms with Gasteiger partial charge in [0.25, 0.3) is 0 Å². The minimum absolute atomic E-state index is 0.0612. The van der Waals surface area contributed by atoms with E-state index in [0.29, 0.717) is 6.54 Å². The number of hydrogen-bond acceptors (Lipinski definition) is 17. The van der Waals surface area contributed by atoms with Gasteiger partial charge in [-0.2, -0.15) is 0 Å². The Bertz CT molecular complexity index is 1500. The number of aryl methyl sites for hydroxylation is 2. The van der Waals surface area contributed by atoms with Crippen LogP contribution in [0, 0.1) is 19.3 Å². The number of aldehydes is 1. The van der Waals surface area contributed by atoms with Gasteiger partial charge in [-0.3, -0.25) is 19.9 Å². The number of carbonyl (C=O) groups excluding carboxylic acids is 2. The molecule has 22 nitrogen and oxygen atoms in total. The fraction of sp³-hybridized carbons (Fsp3) is 0.714. The second kappa shape index (κ2) is 20.9. The van der Waals surface area contributed by atoms with E-state index >= 15 is 0 Å². The standard InChI is InChI=1S/C21H39N7O12.C14H22N2O/c1-5-21(36,4-30)16(40-17-9(26-2)13(34)10(31)6(3-29)38-17)18(37-5)39-15-8(28-20(24)25)11(32)7(27-19(22)23)12(33)14(15)35;1-5-16(6-2)10-13(17)15-14-11(3)8-7-9-12(14)4/h4-18,26,29,31-36H,3H2,1-2H3,(H4,22,23,27)(H4,24,25,28);7-9H,5-6,10H2,1-4H3,(H,15,17)/t5-,6-,7+,8-,9-,10-,11+,12-,13-,14+,15+,16-,17-,18-,21+;/m0./s1. The second-order valence-electron chi connectivity index (χ2n) is 14.2. The number of para-hydroxylation sites is 1. The molecule has 324 valence electrons. The number of likely N-dealkylation sites (N-methyl/N-ethyl adjacent to an activating group) is 2. The van der Waals surface area contributed by atoms with Crippen LogP contribution in [0.25, 0.3) is 0 Å². The molecule has 0 spiro atoms. The number of nitrogens with zero attached hydrogens (tertiary/aromatic N) is 2. The summed E-state index contributed by atoms with van der Waals surface area (Å²) < 4.78 is 22.9. The van der Waals surface area contributed by atoms with E-state index in [4.69, 9.17) is 41.6 Å². The molecule has 0 bridgehead atoms. The highest BCUT2D eigenvalue weighted by molar-refractivity contribution is 5.93. The Morgan fingerprint density at radius 3 is 2.09 bits per heavy atom. The first-order valence-electron chi connectivity index (χ1n) is 18.6. The van der Waals surface area contributed by atoms with Crippen molar-refractivity contribution in [2.75, 3.05) is 38.6 Å². The minimum Gasteiger partial charge on any atom is -0.394 e. The molecular formula is C35H61N9O13. The second-order valence-corrected chi connectivity index (χ2v) is 14.2. The molecule has 3 fully saturated rings. The minimum atomic E-state index is -2.39. The molecule has 1 aliphatic carbocycles. The van der Waals surface area contributed by atoms with Crippen LogP contribution < -0.4 is 33.2 Å². The topological polar surface area (TPSA) is 366 Å². The van der Waals surface area contributed by atoms with Crippen LogP contribution in [0.5, 0.6) is 0 Å². The van der Waals surface area contributed by atoms with Gasteiger partial charge in [-0.25, -0.2) is 4.99 Å². The lowest BCUT2D eigenvalue weighted by Gasteiger charge is -2.46. The Labute approximate surface area is 330 Å². The van der Waals surface area contributed by atoms with E-state index < -0.39 is 110 Å².